The number of ether oxygens (including phenoxy) is 1. The Bertz CT molecular complexity index is 1340. The fraction of sp³-hybridized carbons (Fsp3) is 0.320. The number of aromatic amines is 1. The Balaban J connectivity index is 1.51. The van der Waals surface area contributed by atoms with E-state index in [1.807, 2.05) is 48.5 Å². The molecule has 2 aromatic carbocycles. The van der Waals surface area contributed by atoms with Gasteiger partial charge in [0.2, 0.25) is 0 Å². The zero-order valence-electron chi connectivity index (χ0n) is 17.3. The van der Waals surface area contributed by atoms with Gasteiger partial charge in [0.05, 0.1) is 17.5 Å². The summed E-state index contributed by atoms with van der Waals surface area (Å²) < 4.78 is 7.34. The van der Waals surface area contributed by atoms with Crippen LogP contribution in [-0.2, 0) is 13.0 Å². The Morgan fingerprint density at radius 2 is 1.81 bits per heavy atom. The van der Waals surface area contributed by atoms with E-state index in [2.05, 4.69) is 9.97 Å². The van der Waals surface area contributed by atoms with Gasteiger partial charge in [-0.15, -0.1) is 0 Å². The number of hydrogen-bond donors (Lipinski definition) is 1. The molecular weight excluding hydrogens is 390 g/mol. The van der Waals surface area contributed by atoms with Crippen LogP contribution in [0.25, 0.3) is 21.8 Å². The third-order valence-corrected chi connectivity index (χ3v) is 6.23. The summed E-state index contributed by atoms with van der Waals surface area (Å²) in [6.45, 7) is 0.993. The number of aryl methyl sites for hydroxylation is 1. The van der Waals surface area contributed by atoms with Crippen molar-refractivity contribution in [2.24, 2.45) is 5.92 Å². The maximum absolute atomic E-state index is 13.1. The van der Waals surface area contributed by atoms with E-state index in [4.69, 9.17) is 4.74 Å². The molecule has 1 fully saturated rings. The van der Waals surface area contributed by atoms with E-state index in [0.717, 1.165) is 10.9 Å². The van der Waals surface area contributed by atoms with E-state index in [-0.39, 0.29) is 5.56 Å². The van der Waals surface area contributed by atoms with E-state index in [9.17, 15) is 9.59 Å². The lowest BCUT2D eigenvalue weighted by atomic mass is 10.1. The summed E-state index contributed by atoms with van der Waals surface area (Å²) in [5.41, 5.74) is 1.54. The van der Waals surface area contributed by atoms with Crippen LogP contribution in [0.3, 0.4) is 0 Å². The molecule has 0 bridgehead atoms. The molecule has 0 saturated heterocycles. The van der Waals surface area contributed by atoms with Gasteiger partial charge in [0.1, 0.15) is 11.3 Å². The minimum Gasteiger partial charge on any atom is -0.491 e. The van der Waals surface area contributed by atoms with E-state index in [1.165, 1.54) is 30.3 Å². The zero-order chi connectivity index (χ0) is 21.2. The molecule has 6 heteroatoms. The van der Waals surface area contributed by atoms with Crippen LogP contribution in [0.5, 0.6) is 5.75 Å². The smallest absolute Gasteiger partial charge is 0.328 e. The fourth-order valence-electron chi connectivity index (χ4n) is 4.49. The largest absolute Gasteiger partial charge is 0.491 e. The van der Waals surface area contributed by atoms with E-state index in [0.29, 0.717) is 47.7 Å². The van der Waals surface area contributed by atoms with Gasteiger partial charge in [-0.25, -0.2) is 4.79 Å². The van der Waals surface area contributed by atoms with Crippen molar-refractivity contribution in [2.45, 2.75) is 38.6 Å². The minimum atomic E-state index is -0.404. The Labute approximate surface area is 179 Å². The number of H-pyrrole nitrogens is 1. The van der Waals surface area contributed by atoms with Gasteiger partial charge in [0.15, 0.2) is 0 Å². The first-order valence-corrected chi connectivity index (χ1v) is 10.9. The van der Waals surface area contributed by atoms with Crippen molar-refractivity contribution in [1.82, 2.24) is 14.5 Å². The van der Waals surface area contributed by atoms with Crippen LogP contribution in [0, 0.1) is 5.92 Å². The first kappa shape index (κ1) is 19.5. The lowest BCUT2D eigenvalue weighted by molar-refractivity contribution is 0.254. The van der Waals surface area contributed by atoms with Crippen LogP contribution >= 0.6 is 0 Å². The summed E-state index contributed by atoms with van der Waals surface area (Å²) in [7, 11) is 0. The summed E-state index contributed by atoms with van der Waals surface area (Å²) in [4.78, 5) is 33.3. The highest BCUT2D eigenvalue weighted by Crippen LogP contribution is 2.30. The van der Waals surface area contributed by atoms with Crippen LogP contribution < -0.4 is 16.0 Å². The number of fused-ring (bicyclic) bond motifs is 3. The standard InChI is InChI=1S/C25H25N3O3/c29-24-20-15-26-23-19(11-6-12-21(23)31-16-18-9-4-5-10-18)22(20)27-25(30)28(24)14-13-17-7-2-1-3-8-17/h1-3,6-8,11-12,15,18H,4-5,9-10,13-14,16H2,(H,27,30). The molecule has 2 heterocycles. The van der Waals surface area contributed by atoms with Crippen LogP contribution in [0.2, 0.25) is 0 Å². The summed E-state index contributed by atoms with van der Waals surface area (Å²) in [5.74, 6) is 1.28. The molecule has 6 nitrogen and oxygen atoms in total. The molecule has 0 spiro atoms. The average Bonchev–Trinajstić information content (AvgIpc) is 3.32. The second kappa shape index (κ2) is 8.38. The topological polar surface area (TPSA) is 77.0 Å². The lowest BCUT2D eigenvalue weighted by Crippen LogP contribution is -2.35. The molecular formula is C25H25N3O3. The number of pyridine rings is 1. The highest BCUT2D eigenvalue weighted by Gasteiger charge is 2.17. The molecule has 1 saturated carbocycles. The Kier molecular flexibility index (Phi) is 5.28. The average molecular weight is 415 g/mol. The van der Waals surface area contributed by atoms with Crippen LogP contribution in [0.4, 0.5) is 0 Å². The van der Waals surface area contributed by atoms with Crippen LogP contribution in [-0.4, -0.2) is 21.1 Å². The Morgan fingerprint density at radius 3 is 2.61 bits per heavy atom. The molecule has 158 valence electrons. The molecule has 0 amide bonds. The zero-order valence-corrected chi connectivity index (χ0v) is 17.3. The van der Waals surface area contributed by atoms with E-state index in [1.54, 1.807) is 6.20 Å². The summed E-state index contributed by atoms with van der Waals surface area (Å²) in [6.07, 6.45) is 7.11. The molecule has 0 aliphatic heterocycles. The van der Waals surface area contributed by atoms with Crippen molar-refractivity contribution in [3.8, 4) is 5.75 Å². The highest BCUT2D eigenvalue weighted by atomic mass is 16.5. The third kappa shape index (κ3) is 3.85. The number of para-hydroxylation sites is 1. The molecule has 31 heavy (non-hydrogen) atoms. The van der Waals surface area contributed by atoms with Crippen molar-refractivity contribution >= 4 is 21.8 Å². The predicted octanol–water partition coefficient (Wildman–Crippen LogP) is 4.05. The maximum atomic E-state index is 13.1. The van der Waals surface area contributed by atoms with Gasteiger partial charge in [-0.05, 0) is 36.8 Å². The molecule has 2 aromatic heterocycles. The van der Waals surface area contributed by atoms with Gasteiger partial charge in [0, 0.05) is 18.1 Å². The van der Waals surface area contributed by atoms with Crippen molar-refractivity contribution < 1.29 is 4.74 Å². The second-order valence-corrected chi connectivity index (χ2v) is 8.28. The normalized spacial score (nSPS) is 14.5. The highest BCUT2D eigenvalue weighted by molar-refractivity contribution is 6.04. The molecule has 1 aliphatic carbocycles. The van der Waals surface area contributed by atoms with Crippen molar-refractivity contribution in [3.63, 3.8) is 0 Å². The van der Waals surface area contributed by atoms with E-state index < -0.39 is 5.69 Å². The first-order valence-electron chi connectivity index (χ1n) is 10.9. The van der Waals surface area contributed by atoms with Gasteiger partial charge in [-0.1, -0.05) is 55.3 Å². The van der Waals surface area contributed by atoms with Gasteiger partial charge < -0.3 is 9.72 Å². The summed E-state index contributed by atoms with van der Waals surface area (Å²) >= 11 is 0. The second-order valence-electron chi connectivity index (χ2n) is 8.28. The van der Waals surface area contributed by atoms with Crippen molar-refractivity contribution in [3.05, 3.63) is 81.1 Å². The Morgan fingerprint density at radius 1 is 1.00 bits per heavy atom. The molecule has 1 aliphatic rings. The molecule has 4 aromatic rings. The third-order valence-electron chi connectivity index (χ3n) is 6.23. The van der Waals surface area contributed by atoms with Gasteiger partial charge >= 0.3 is 5.69 Å². The quantitative estimate of drug-likeness (QED) is 0.482. The molecule has 5 rings (SSSR count). The first-order chi connectivity index (χ1) is 15.2. The van der Waals surface area contributed by atoms with Gasteiger partial charge in [0.25, 0.3) is 5.56 Å². The minimum absolute atomic E-state index is 0.316. The van der Waals surface area contributed by atoms with Crippen molar-refractivity contribution in [2.75, 3.05) is 6.61 Å². The number of aromatic nitrogens is 3. The summed E-state index contributed by atoms with van der Waals surface area (Å²) in [6, 6.07) is 15.5. The fourth-order valence-corrected chi connectivity index (χ4v) is 4.49. The van der Waals surface area contributed by atoms with E-state index >= 15 is 0 Å². The number of hydrogen-bond acceptors (Lipinski definition) is 4. The molecule has 0 unspecified atom stereocenters. The van der Waals surface area contributed by atoms with Gasteiger partial charge in [-0.2, -0.15) is 0 Å². The number of rotatable bonds is 6. The lowest BCUT2D eigenvalue weighted by Gasteiger charge is -2.13. The van der Waals surface area contributed by atoms with Crippen LogP contribution in [0.1, 0.15) is 31.2 Å². The number of nitrogens with one attached hydrogen (secondary N) is 1. The Hall–Kier alpha value is -3.41. The number of benzene rings is 2. The van der Waals surface area contributed by atoms with Crippen LogP contribution in [0.15, 0.2) is 64.3 Å². The maximum Gasteiger partial charge on any atom is 0.328 e. The molecule has 0 radical (unpaired) electrons. The molecule has 0 atom stereocenters. The predicted molar refractivity (Wildman–Crippen MR) is 122 cm³/mol. The van der Waals surface area contributed by atoms with Gasteiger partial charge in [-0.3, -0.25) is 14.3 Å². The number of nitrogens with zero attached hydrogens (tertiary/aromatic N) is 2. The SMILES string of the molecule is O=c1[nH]c2c(cnc3c(OCC4CCCC4)cccc32)c(=O)n1CCc1ccccc1. The summed E-state index contributed by atoms with van der Waals surface area (Å²) in [5, 5.41) is 1.14. The monoisotopic (exact) mass is 415 g/mol. The molecule has 1 N–H and O–H groups in total. The van der Waals surface area contributed by atoms with Crippen molar-refractivity contribution in [1.29, 1.82) is 0 Å².